The number of likely N-dealkylation sites (N-methyl/N-ethyl adjacent to an activating group) is 1. The molecule has 0 saturated carbocycles. The molecule has 0 aliphatic rings. The number of hydrogen-bond donors (Lipinski definition) is 1. The number of amides is 2. The zero-order valence-electron chi connectivity index (χ0n) is 18.8. The zero-order chi connectivity index (χ0) is 22.1. The number of rotatable bonds is 10. The lowest BCUT2D eigenvalue weighted by Gasteiger charge is -2.30. The predicted molar refractivity (Wildman–Crippen MR) is 121 cm³/mol. The Morgan fingerprint density at radius 3 is 2.33 bits per heavy atom. The van der Waals surface area contributed by atoms with Crippen LogP contribution in [0, 0.1) is 0 Å². The Balaban J connectivity index is 2.17. The lowest BCUT2D eigenvalue weighted by molar-refractivity contribution is -0.141. The monoisotopic (exact) mass is 410 g/mol. The van der Waals surface area contributed by atoms with Crippen LogP contribution in [0.5, 0.6) is 5.75 Å². The minimum absolute atomic E-state index is 0.0267. The fourth-order valence-corrected chi connectivity index (χ4v) is 3.52. The molecule has 5 heteroatoms. The van der Waals surface area contributed by atoms with Gasteiger partial charge < -0.3 is 15.0 Å². The number of nitrogens with one attached hydrogen (secondary N) is 1. The molecule has 1 N–H and O–H groups in total. The summed E-state index contributed by atoms with van der Waals surface area (Å²) in [5.74, 6) is 1.05. The Morgan fingerprint density at radius 1 is 1.07 bits per heavy atom. The van der Waals surface area contributed by atoms with Gasteiger partial charge in [-0.2, -0.15) is 0 Å². The molecule has 0 heterocycles. The van der Waals surface area contributed by atoms with Gasteiger partial charge in [-0.05, 0) is 47.6 Å². The molecule has 0 saturated heterocycles. The molecule has 2 aromatic carbocycles. The summed E-state index contributed by atoms with van der Waals surface area (Å²) in [4.78, 5) is 27.3. The standard InChI is InChI=1S/C25H34N2O3/c1-6-23(25(29)26-4)27(17-20-8-7-9-22(16-20)30-5)24(28)15-12-19-10-13-21(14-11-19)18(2)3/h7-11,13-14,16,18,23H,6,12,15,17H2,1-5H3,(H,26,29)/t23-/m1/s1. The van der Waals surface area contributed by atoms with Crippen molar-refractivity contribution in [1.29, 1.82) is 0 Å². The summed E-state index contributed by atoms with van der Waals surface area (Å²) in [6.07, 6.45) is 1.56. The number of carbonyl (C=O) groups excluding carboxylic acids is 2. The minimum Gasteiger partial charge on any atom is -0.497 e. The number of benzene rings is 2. The van der Waals surface area contributed by atoms with Crippen LogP contribution in [0.15, 0.2) is 48.5 Å². The third-order valence-corrected chi connectivity index (χ3v) is 5.39. The molecule has 0 aliphatic carbocycles. The van der Waals surface area contributed by atoms with E-state index in [4.69, 9.17) is 4.74 Å². The Labute approximate surface area is 180 Å². The van der Waals surface area contributed by atoms with Crippen molar-refractivity contribution < 1.29 is 14.3 Å². The van der Waals surface area contributed by atoms with Crippen molar-refractivity contribution in [2.75, 3.05) is 14.2 Å². The van der Waals surface area contributed by atoms with E-state index in [2.05, 4.69) is 43.4 Å². The number of carbonyl (C=O) groups is 2. The average Bonchev–Trinajstić information content (AvgIpc) is 2.77. The maximum absolute atomic E-state index is 13.2. The summed E-state index contributed by atoms with van der Waals surface area (Å²) in [5.41, 5.74) is 3.35. The van der Waals surface area contributed by atoms with E-state index in [1.807, 2.05) is 31.2 Å². The van der Waals surface area contributed by atoms with Crippen LogP contribution in [0.1, 0.15) is 56.2 Å². The Morgan fingerprint density at radius 2 is 1.77 bits per heavy atom. The second-order valence-electron chi connectivity index (χ2n) is 7.81. The molecular weight excluding hydrogens is 376 g/mol. The lowest BCUT2D eigenvalue weighted by atomic mass is 10.00. The van der Waals surface area contributed by atoms with E-state index in [1.54, 1.807) is 19.1 Å². The van der Waals surface area contributed by atoms with Crippen LogP contribution in [0.4, 0.5) is 0 Å². The molecule has 0 aliphatic heterocycles. The molecule has 0 radical (unpaired) electrons. The number of aryl methyl sites for hydroxylation is 1. The van der Waals surface area contributed by atoms with Crippen molar-refractivity contribution in [3.8, 4) is 5.75 Å². The van der Waals surface area contributed by atoms with Crippen molar-refractivity contribution in [2.45, 2.75) is 58.5 Å². The third-order valence-electron chi connectivity index (χ3n) is 5.39. The van der Waals surface area contributed by atoms with Crippen LogP contribution in [-0.2, 0) is 22.6 Å². The van der Waals surface area contributed by atoms with Crippen LogP contribution in [0.3, 0.4) is 0 Å². The van der Waals surface area contributed by atoms with Crippen LogP contribution in [-0.4, -0.2) is 36.9 Å². The van der Waals surface area contributed by atoms with Crippen LogP contribution in [0.25, 0.3) is 0 Å². The zero-order valence-corrected chi connectivity index (χ0v) is 18.8. The molecule has 5 nitrogen and oxygen atoms in total. The summed E-state index contributed by atoms with van der Waals surface area (Å²) < 4.78 is 5.30. The van der Waals surface area contributed by atoms with E-state index in [-0.39, 0.29) is 11.8 Å². The quantitative estimate of drug-likeness (QED) is 0.635. The summed E-state index contributed by atoms with van der Waals surface area (Å²) in [6, 6.07) is 15.5. The third kappa shape index (κ3) is 6.34. The van der Waals surface area contributed by atoms with Gasteiger partial charge in [-0.1, -0.05) is 57.2 Å². The summed E-state index contributed by atoms with van der Waals surface area (Å²) in [5, 5.41) is 2.69. The van der Waals surface area contributed by atoms with Crippen LogP contribution >= 0.6 is 0 Å². The molecule has 0 aromatic heterocycles. The lowest BCUT2D eigenvalue weighted by Crippen LogP contribution is -2.48. The highest BCUT2D eigenvalue weighted by atomic mass is 16.5. The fraction of sp³-hybridized carbons (Fsp3) is 0.440. The fourth-order valence-electron chi connectivity index (χ4n) is 3.52. The number of nitrogens with zero attached hydrogens (tertiary/aromatic N) is 1. The maximum Gasteiger partial charge on any atom is 0.242 e. The summed E-state index contributed by atoms with van der Waals surface area (Å²) >= 11 is 0. The first-order valence-corrected chi connectivity index (χ1v) is 10.6. The van der Waals surface area contributed by atoms with Gasteiger partial charge in [-0.3, -0.25) is 9.59 Å². The second kappa shape index (κ2) is 11.4. The molecule has 0 bridgehead atoms. The van der Waals surface area contributed by atoms with Gasteiger partial charge in [0.15, 0.2) is 0 Å². The predicted octanol–water partition coefficient (Wildman–Crippen LogP) is 4.30. The van der Waals surface area contributed by atoms with Gasteiger partial charge in [0.2, 0.25) is 11.8 Å². The molecule has 0 fully saturated rings. The average molecular weight is 411 g/mol. The van der Waals surface area contributed by atoms with Crippen molar-refractivity contribution >= 4 is 11.8 Å². The molecular formula is C25H34N2O3. The molecule has 2 aromatic rings. The Bertz CT molecular complexity index is 831. The molecule has 0 spiro atoms. The van der Waals surface area contributed by atoms with Gasteiger partial charge in [0.1, 0.15) is 11.8 Å². The van der Waals surface area contributed by atoms with E-state index in [1.165, 1.54) is 5.56 Å². The second-order valence-corrected chi connectivity index (χ2v) is 7.81. The Kier molecular flexibility index (Phi) is 8.90. The summed E-state index contributed by atoms with van der Waals surface area (Å²) in [6.45, 7) is 6.63. The van der Waals surface area contributed by atoms with Crippen molar-refractivity contribution in [1.82, 2.24) is 10.2 Å². The van der Waals surface area contributed by atoms with E-state index in [0.29, 0.717) is 31.7 Å². The largest absolute Gasteiger partial charge is 0.497 e. The highest BCUT2D eigenvalue weighted by Gasteiger charge is 2.27. The van der Waals surface area contributed by atoms with Gasteiger partial charge in [-0.25, -0.2) is 0 Å². The van der Waals surface area contributed by atoms with Gasteiger partial charge in [-0.15, -0.1) is 0 Å². The maximum atomic E-state index is 13.2. The first kappa shape index (κ1) is 23.5. The first-order valence-electron chi connectivity index (χ1n) is 10.6. The Hall–Kier alpha value is -2.82. The first-order chi connectivity index (χ1) is 14.4. The minimum atomic E-state index is -0.503. The van der Waals surface area contributed by atoms with E-state index in [9.17, 15) is 9.59 Å². The molecule has 1 atom stereocenters. The number of methoxy groups -OCH3 is 1. The molecule has 30 heavy (non-hydrogen) atoms. The SMILES string of the molecule is CC[C@H](C(=O)NC)N(Cc1cccc(OC)c1)C(=O)CCc1ccc(C(C)C)cc1. The van der Waals surface area contributed by atoms with Crippen LogP contribution < -0.4 is 10.1 Å². The normalized spacial score (nSPS) is 11.8. The molecule has 2 rings (SSSR count). The van der Waals surface area contributed by atoms with Gasteiger partial charge in [0.05, 0.1) is 7.11 Å². The van der Waals surface area contributed by atoms with Gasteiger partial charge in [0, 0.05) is 20.0 Å². The number of hydrogen-bond acceptors (Lipinski definition) is 3. The number of ether oxygens (including phenoxy) is 1. The highest BCUT2D eigenvalue weighted by Crippen LogP contribution is 2.19. The molecule has 2 amide bonds. The van der Waals surface area contributed by atoms with Crippen molar-refractivity contribution in [3.05, 3.63) is 65.2 Å². The van der Waals surface area contributed by atoms with Gasteiger partial charge >= 0.3 is 0 Å². The van der Waals surface area contributed by atoms with Gasteiger partial charge in [0.25, 0.3) is 0 Å². The van der Waals surface area contributed by atoms with E-state index >= 15 is 0 Å². The van der Waals surface area contributed by atoms with E-state index in [0.717, 1.165) is 16.9 Å². The van der Waals surface area contributed by atoms with Crippen molar-refractivity contribution in [2.24, 2.45) is 0 Å². The molecule has 0 unspecified atom stereocenters. The smallest absolute Gasteiger partial charge is 0.242 e. The highest BCUT2D eigenvalue weighted by molar-refractivity contribution is 5.87. The summed E-state index contributed by atoms with van der Waals surface area (Å²) in [7, 11) is 3.22. The van der Waals surface area contributed by atoms with Crippen molar-refractivity contribution in [3.63, 3.8) is 0 Å². The topological polar surface area (TPSA) is 58.6 Å². The molecule has 162 valence electrons. The van der Waals surface area contributed by atoms with Crippen LogP contribution in [0.2, 0.25) is 0 Å². The van der Waals surface area contributed by atoms with E-state index < -0.39 is 6.04 Å².